The maximum atomic E-state index is 13.4. The first kappa shape index (κ1) is 25.7. The number of carbonyl (C=O) groups is 2. The molecule has 0 radical (unpaired) electrons. The fourth-order valence-corrected chi connectivity index (χ4v) is 4.18. The molecule has 3 aromatic rings. The van der Waals surface area contributed by atoms with Gasteiger partial charge in [-0.2, -0.15) is 13.2 Å². The molecular formula is C23H19F3N2O6S. The lowest BCUT2D eigenvalue weighted by atomic mass is 10.0. The van der Waals surface area contributed by atoms with Gasteiger partial charge < -0.3 is 14.8 Å². The second kappa shape index (κ2) is 10.1. The number of nitro benzene ring substituents is 1. The summed E-state index contributed by atoms with van der Waals surface area (Å²) >= 11 is 0.842. The number of carbonyl (C=O) groups excluding carboxylic acids is 2. The van der Waals surface area contributed by atoms with Gasteiger partial charge in [0.05, 0.1) is 22.6 Å². The number of methoxy groups -OCH3 is 1. The quantitative estimate of drug-likeness (QED) is 0.159. The topological polar surface area (TPSA) is 108 Å². The summed E-state index contributed by atoms with van der Waals surface area (Å²) in [6, 6.07) is 10.1. The van der Waals surface area contributed by atoms with Gasteiger partial charge in [0.25, 0.3) is 5.69 Å². The predicted octanol–water partition coefficient (Wildman–Crippen LogP) is 6.55. The van der Waals surface area contributed by atoms with E-state index in [9.17, 15) is 32.9 Å². The Labute approximate surface area is 201 Å². The summed E-state index contributed by atoms with van der Waals surface area (Å²) in [5, 5.41) is 14.5. The third-order valence-electron chi connectivity index (χ3n) is 4.94. The first-order valence-electron chi connectivity index (χ1n) is 10.0. The highest BCUT2D eigenvalue weighted by Gasteiger charge is 2.35. The van der Waals surface area contributed by atoms with E-state index < -0.39 is 28.7 Å². The molecule has 0 bridgehead atoms. The number of rotatable bonds is 8. The molecule has 2 aromatic carbocycles. The number of hydrogen-bond donors (Lipinski definition) is 1. The third-order valence-corrected chi connectivity index (χ3v) is 5.95. The molecule has 1 N–H and O–H groups in total. The smallest absolute Gasteiger partial charge is 0.416 e. The largest absolute Gasteiger partial charge is 0.484 e. The van der Waals surface area contributed by atoms with E-state index in [-0.39, 0.29) is 43.9 Å². The van der Waals surface area contributed by atoms with Crippen LogP contribution < -0.4 is 10.1 Å². The molecule has 0 saturated heterocycles. The molecule has 0 aliphatic carbocycles. The normalized spacial score (nSPS) is 12.1. The molecule has 184 valence electrons. The maximum absolute atomic E-state index is 13.4. The van der Waals surface area contributed by atoms with Crippen molar-refractivity contribution < 1.29 is 37.2 Å². The van der Waals surface area contributed by atoms with E-state index in [1.807, 2.05) is 0 Å². The van der Waals surface area contributed by atoms with Crippen LogP contribution in [-0.4, -0.2) is 23.8 Å². The highest BCUT2D eigenvalue weighted by Crippen LogP contribution is 2.41. The fourth-order valence-electron chi connectivity index (χ4n) is 3.26. The van der Waals surface area contributed by atoms with Gasteiger partial charge in [0, 0.05) is 23.3 Å². The second-order valence-corrected chi connectivity index (χ2v) is 8.36. The zero-order valence-corrected chi connectivity index (χ0v) is 19.5. The molecule has 0 saturated carbocycles. The van der Waals surface area contributed by atoms with E-state index in [0.717, 1.165) is 30.6 Å². The molecule has 1 aromatic heterocycles. The van der Waals surface area contributed by atoms with Gasteiger partial charge in [0.1, 0.15) is 17.5 Å². The number of anilines is 2. The van der Waals surface area contributed by atoms with Crippen LogP contribution in [0, 0.1) is 10.1 Å². The standard InChI is InChI=1S/C23H19F3N2O6S/c1-12(29)14-8-9-17(18(10-14)28(31)32)27-20-11-19(21(35-20)22(30)33-3)34-13(2)15-6-4-5-7-16(15)23(24,25)26/h4-11,13,27H,1-3H3/t13-/m1/s1. The van der Waals surface area contributed by atoms with Gasteiger partial charge in [-0.25, -0.2) is 4.79 Å². The molecule has 3 rings (SSSR count). The molecule has 8 nitrogen and oxygen atoms in total. The Kier molecular flexibility index (Phi) is 7.44. The Bertz CT molecular complexity index is 1290. The van der Waals surface area contributed by atoms with Crippen molar-refractivity contribution in [2.75, 3.05) is 12.4 Å². The van der Waals surface area contributed by atoms with Gasteiger partial charge in [0.2, 0.25) is 0 Å². The summed E-state index contributed by atoms with van der Waals surface area (Å²) in [6.07, 6.45) is -5.70. The predicted molar refractivity (Wildman–Crippen MR) is 123 cm³/mol. The molecule has 1 atom stereocenters. The molecule has 35 heavy (non-hydrogen) atoms. The summed E-state index contributed by atoms with van der Waals surface area (Å²) in [4.78, 5) is 34.6. The van der Waals surface area contributed by atoms with E-state index >= 15 is 0 Å². The van der Waals surface area contributed by atoms with Crippen molar-refractivity contribution >= 4 is 39.5 Å². The van der Waals surface area contributed by atoms with Crippen LogP contribution in [0.3, 0.4) is 0 Å². The van der Waals surface area contributed by atoms with Gasteiger partial charge >= 0.3 is 12.1 Å². The SMILES string of the molecule is COC(=O)c1sc(Nc2ccc(C(C)=O)cc2[N+](=O)[O-])cc1O[C@H](C)c1ccccc1C(F)(F)F. The minimum Gasteiger partial charge on any atom is -0.484 e. The summed E-state index contributed by atoms with van der Waals surface area (Å²) in [5.41, 5.74) is -1.20. The Morgan fingerprint density at radius 3 is 2.43 bits per heavy atom. The zero-order valence-electron chi connectivity index (χ0n) is 18.6. The Hall–Kier alpha value is -3.93. The number of nitro groups is 1. The molecular weight excluding hydrogens is 489 g/mol. The molecule has 0 spiro atoms. The van der Waals surface area contributed by atoms with E-state index in [4.69, 9.17) is 9.47 Å². The number of Topliss-reactive ketones (excluding diaryl/α,β-unsaturated/α-hetero) is 1. The van der Waals surface area contributed by atoms with E-state index in [0.29, 0.717) is 0 Å². The highest BCUT2D eigenvalue weighted by molar-refractivity contribution is 7.18. The molecule has 1 heterocycles. The van der Waals surface area contributed by atoms with Gasteiger partial charge in [-0.05, 0) is 32.0 Å². The van der Waals surface area contributed by atoms with Crippen molar-refractivity contribution in [3.05, 3.63) is 80.2 Å². The fraction of sp³-hybridized carbons (Fsp3) is 0.217. The zero-order chi connectivity index (χ0) is 25.9. The molecule has 0 unspecified atom stereocenters. The second-order valence-electron chi connectivity index (χ2n) is 7.31. The van der Waals surface area contributed by atoms with Crippen LogP contribution in [0.2, 0.25) is 0 Å². The highest BCUT2D eigenvalue weighted by atomic mass is 32.1. The van der Waals surface area contributed by atoms with Crippen molar-refractivity contribution in [3.8, 4) is 5.75 Å². The van der Waals surface area contributed by atoms with Crippen molar-refractivity contribution in [1.29, 1.82) is 0 Å². The number of alkyl halides is 3. The van der Waals surface area contributed by atoms with Crippen molar-refractivity contribution in [3.63, 3.8) is 0 Å². The Morgan fingerprint density at radius 2 is 1.83 bits per heavy atom. The Balaban J connectivity index is 1.97. The van der Waals surface area contributed by atoms with Crippen LogP contribution >= 0.6 is 11.3 Å². The lowest BCUT2D eigenvalue weighted by molar-refractivity contribution is -0.383. The van der Waals surface area contributed by atoms with E-state index in [1.165, 1.54) is 50.2 Å². The average Bonchev–Trinajstić information content (AvgIpc) is 3.19. The van der Waals surface area contributed by atoms with Crippen molar-refractivity contribution in [2.24, 2.45) is 0 Å². The van der Waals surface area contributed by atoms with Crippen molar-refractivity contribution in [1.82, 2.24) is 0 Å². The minimum absolute atomic E-state index is 0.0414. The van der Waals surface area contributed by atoms with Gasteiger partial charge in [-0.1, -0.05) is 18.2 Å². The molecule has 12 heteroatoms. The summed E-state index contributed by atoms with van der Waals surface area (Å²) in [7, 11) is 1.13. The first-order valence-corrected chi connectivity index (χ1v) is 10.8. The number of ether oxygens (including phenoxy) is 2. The van der Waals surface area contributed by atoms with E-state index in [1.54, 1.807) is 0 Å². The average molecular weight is 508 g/mol. The first-order chi connectivity index (χ1) is 16.4. The minimum atomic E-state index is -4.61. The Morgan fingerprint density at radius 1 is 1.14 bits per heavy atom. The number of halogens is 3. The number of ketones is 1. The molecule has 0 aliphatic heterocycles. The number of esters is 1. The summed E-state index contributed by atoms with van der Waals surface area (Å²) in [6.45, 7) is 2.68. The van der Waals surface area contributed by atoms with Crippen LogP contribution in [0.25, 0.3) is 0 Å². The molecule has 0 amide bonds. The van der Waals surface area contributed by atoms with Crippen molar-refractivity contribution in [2.45, 2.75) is 26.1 Å². The van der Waals surface area contributed by atoms with Crippen LogP contribution in [-0.2, 0) is 10.9 Å². The third kappa shape index (κ3) is 5.77. The monoisotopic (exact) mass is 508 g/mol. The van der Waals surface area contributed by atoms with Crippen LogP contribution in [0.5, 0.6) is 5.75 Å². The van der Waals surface area contributed by atoms with Crippen LogP contribution in [0.4, 0.5) is 29.5 Å². The summed E-state index contributed by atoms with van der Waals surface area (Å²) in [5.74, 6) is -1.21. The number of nitrogens with zero attached hydrogens (tertiary/aromatic N) is 1. The number of benzene rings is 2. The molecule has 0 aliphatic rings. The number of nitrogens with one attached hydrogen (secondary N) is 1. The van der Waals surface area contributed by atoms with Crippen LogP contribution in [0.15, 0.2) is 48.5 Å². The number of thiophene rings is 1. The lowest BCUT2D eigenvalue weighted by Crippen LogP contribution is -2.14. The number of hydrogen-bond acceptors (Lipinski definition) is 8. The van der Waals surface area contributed by atoms with Crippen LogP contribution in [0.1, 0.15) is 51.1 Å². The van der Waals surface area contributed by atoms with E-state index in [2.05, 4.69) is 5.32 Å². The maximum Gasteiger partial charge on any atom is 0.416 e. The van der Waals surface area contributed by atoms with Gasteiger partial charge in [-0.3, -0.25) is 14.9 Å². The van der Waals surface area contributed by atoms with Gasteiger partial charge in [0.15, 0.2) is 10.7 Å². The summed E-state index contributed by atoms with van der Waals surface area (Å²) < 4.78 is 50.7. The lowest BCUT2D eigenvalue weighted by Gasteiger charge is -2.19. The van der Waals surface area contributed by atoms with Gasteiger partial charge in [-0.15, -0.1) is 11.3 Å². The molecule has 0 fully saturated rings.